The van der Waals surface area contributed by atoms with Crippen molar-refractivity contribution in [3.63, 3.8) is 0 Å². The molecule has 1 aliphatic rings. The van der Waals surface area contributed by atoms with Gasteiger partial charge in [-0.1, -0.05) is 6.07 Å². The lowest BCUT2D eigenvalue weighted by atomic mass is 10.1. The SMILES string of the molecule is CSC1CCC(NC(C)c2cccnc2)C1. The van der Waals surface area contributed by atoms with Gasteiger partial charge in [0.15, 0.2) is 0 Å². The molecule has 1 aromatic rings. The van der Waals surface area contributed by atoms with Crippen molar-refractivity contribution < 1.29 is 0 Å². The van der Waals surface area contributed by atoms with Crippen LogP contribution in [-0.4, -0.2) is 22.5 Å². The Hall–Kier alpha value is -0.540. The summed E-state index contributed by atoms with van der Waals surface area (Å²) in [5.41, 5.74) is 1.29. The zero-order chi connectivity index (χ0) is 11.4. The normalized spacial score (nSPS) is 26.9. The molecular weight excluding hydrogens is 216 g/mol. The minimum atomic E-state index is 0.416. The van der Waals surface area contributed by atoms with E-state index in [1.807, 2.05) is 30.2 Å². The van der Waals surface area contributed by atoms with E-state index < -0.39 is 0 Å². The summed E-state index contributed by atoms with van der Waals surface area (Å²) >= 11 is 2.01. The zero-order valence-corrected chi connectivity index (χ0v) is 10.8. The first-order valence-electron chi connectivity index (χ1n) is 5.98. The van der Waals surface area contributed by atoms with Gasteiger partial charge in [0, 0.05) is 29.7 Å². The lowest BCUT2D eigenvalue weighted by Crippen LogP contribution is -2.29. The maximum Gasteiger partial charge on any atom is 0.0315 e. The van der Waals surface area contributed by atoms with Crippen LogP contribution in [0.3, 0.4) is 0 Å². The van der Waals surface area contributed by atoms with Gasteiger partial charge in [0.25, 0.3) is 0 Å². The molecule has 16 heavy (non-hydrogen) atoms. The Kier molecular flexibility index (Phi) is 4.24. The van der Waals surface area contributed by atoms with Crippen molar-refractivity contribution >= 4 is 11.8 Å². The van der Waals surface area contributed by atoms with Crippen LogP contribution in [0.1, 0.15) is 37.8 Å². The average Bonchev–Trinajstić information content (AvgIpc) is 2.78. The Morgan fingerprint density at radius 3 is 3.00 bits per heavy atom. The zero-order valence-electron chi connectivity index (χ0n) is 10.0. The van der Waals surface area contributed by atoms with Crippen LogP contribution in [0, 0.1) is 0 Å². The lowest BCUT2D eigenvalue weighted by Gasteiger charge is -2.19. The summed E-state index contributed by atoms with van der Waals surface area (Å²) in [6.07, 6.45) is 9.99. The monoisotopic (exact) mass is 236 g/mol. The molecule has 1 heterocycles. The molecule has 3 atom stereocenters. The molecule has 1 aromatic heterocycles. The molecule has 0 bridgehead atoms. The number of thioether (sulfide) groups is 1. The van der Waals surface area contributed by atoms with E-state index in [0.717, 1.165) is 5.25 Å². The fraction of sp³-hybridized carbons (Fsp3) is 0.615. The van der Waals surface area contributed by atoms with E-state index in [-0.39, 0.29) is 0 Å². The van der Waals surface area contributed by atoms with E-state index in [4.69, 9.17) is 0 Å². The number of rotatable bonds is 4. The van der Waals surface area contributed by atoms with E-state index in [9.17, 15) is 0 Å². The van der Waals surface area contributed by atoms with Crippen molar-refractivity contribution in [3.05, 3.63) is 30.1 Å². The van der Waals surface area contributed by atoms with Crippen LogP contribution in [-0.2, 0) is 0 Å². The molecule has 88 valence electrons. The molecule has 0 amide bonds. The van der Waals surface area contributed by atoms with Gasteiger partial charge < -0.3 is 5.32 Å². The van der Waals surface area contributed by atoms with Gasteiger partial charge in [-0.2, -0.15) is 11.8 Å². The molecule has 1 fully saturated rings. The molecule has 1 saturated carbocycles. The smallest absolute Gasteiger partial charge is 0.0315 e. The predicted octanol–water partition coefficient (Wildman–Crippen LogP) is 3.02. The van der Waals surface area contributed by atoms with Gasteiger partial charge in [0.1, 0.15) is 0 Å². The second kappa shape index (κ2) is 5.69. The average molecular weight is 236 g/mol. The summed E-state index contributed by atoms with van der Waals surface area (Å²) in [7, 11) is 0. The highest BCUT2D eigenvalue weighted by Gasteiger charge is 2.24. The summed E-state index contributed by atoms with van der Waals surface area (Å²) in [4.78, 5) is 4.17. The Labute approximate surface area is 102 Å². The highest BCUT2D eigenvalue weighted by molar-refractivity contribution is 7.99. The van der Waals surface area contributed by atoms with E-state index in [1.165, 1.54) is 24.8 Å². The Balaban J connectivity index is 1.86. The van der Waals surface area contributed by atoms with Crippen LogP contribution in [0.25, 0.3) is 0 Å². The van der Waals surface area contributed by atoms with Crippen molar-refractivity contribution in [1.82, 2.24) is 10.3 Å². The van der Waals surface area contributed by atoms with Crippen LogP contribution in [0.5, 0.6) is 0 Å². The minimum absolute atomic E-state index is 0.416. The van der Waals surface area contributed by atoms with Crippen molar-refractivity contribution in [3.8, 4) is 0 Å². The Bertz CT molecular complexity index is 315. The largest absolute Gasteiger partial charge is 0.307 e. The fourth-order valence-corrected chi connectivity index (χ4v) is 3.18. The summed E-state index contributed by atoms with van der Waals surface area (Å²) in [6.45, 7) is 2.23. The molecule has 1 aliphatic carbocycles. The van der Waals surface area contributed by atoms with Crippen LogP contribution >= 0.6 is 11.8 Å². The van der Waals surface area contributed by atoms with Crippen molar-refractivity contribution in [2.45, 2.75) is 43.5 Å². The third-order valence-electron chi connectivity index (χ3n) is 3.39. The fourth-order valence-electron chi connectivity index (χ4n) is 2.39. The van der Waals surface area contributed by atoms with E-state index in [1.54, 1.807) is 0 Å². The molecule has 0 aliphatic heterocycles. The molecule has 3 unspecified atom stereocenters. The van der Waals surface area contributed by atoms with Crippen LogP contribution in [0.15, 0.2) is 24.5 Å². The predicted molar refractivity (Wildman–Crippen MR) is 70.7 cm³/mol. The van der Waals surface area contributed by atoms with Gasteiger partial charge >= 0.3 is 0 Å². The van der Waals surface area contributed by atoms with Gasteiger partial charge in [-0.3, -0.25) is 4.98 Å². The maximum absolute atomic E-state index is 4.17. The first kappa shape index (κ1) is 11.9. The van der Waals surface area contributed by atoms with Crippen LogP contribution in [0.2, 0.25) is 0 Å². The summed E-state index contributed by atoms with van der Waals surface area (Å²) in [5, 5.41) is 4.57. The molecule has 0 aromatic carbocycles. The van der Waals surface area contributed by atoms with Gasteiger partial charge in [0.2, 0.25) is 0 Å². The molecule has 0 spiro atoms. The lowest BCUT2D eigenvalue weighted by molar-refractivity contribution is 0.461. The maximum atomic E-state index is 4.17. The molecule has 2 nitrogen and oxygen atoms in total. The third-order valence-corrected chi connectivity index (χ3v) is 4.48. The van der Waals surface area contributed by atoms with Crippen molar-refractivity contribution in [2.24, 2.45) is 0 Å². The van der Waals surface area contributed by atoms with Crippen LogP contribution < -0.4 is 5.32 Å². The van der Waals surface area contributed by atoms with E-state index in [2.05, 4.69) is 29.5 Å². The molecule has 1 N–H and O–H groups in total. The second-order valence-electron chi connectivity index (χ2n) is 4.54. The molecule has 2 rings (SSSR count). The number of hydrogen-bond donors (Lipinski definition) is 1. The van der Waals surface area contributed by atoms with Gasteiger partial charge in [0.05, 0.1) is 0 Å². The Morgan fingerprint density at radius 1 is 1.50 bits per heavy atom. The van der Waals surface area contributed by atoms with Crippen molar-refractivity contribution in [2.75, 3.05) is 6.26 Å². The molecule has 0 radical (unpaired) electrons. The number of hydrogen-bond acceptors (Lipinski definition) is 3. The van der Waals surface area contributed by atoms with Crippen LogP contribution in [0.4, 0.5) is 0 Å². The highest BCUT2D eigenvalue weighted by Crippen LogP contribution is 2.29. The first-order chi connectivity index (χ1) is 7.79. The first-order valence-corrected chi connectivity index (χ1v) is 7.27. The number of aromatic nitrogens is 1. The van der Waals surface area contributed by atoms with Gasteiger partial charge in [-0.25, -0.2) is 0 Å². The summed E-state index contributed by atoms with van der Waals surface area (Å²) < 4.78 is 0. The second-order valence-corrected chi connectivity index (χ2v) is 5.68. The topological polar surface area (TPSA) is 24.9 Å². The summed E-state index contributed by atoms with van der Waals surface area (Å²) in [6, 6.07) is 5.25. The summed E-state index contributed by atoms with van der Waals surface area (Å²) in [5.74, 6) is 0. The van der Waals surface area contributed by atoms with Gasteiger partial charge in [-0.05, 0) is 44.1 Å². The molecule has 3 heteroatoms. The number of nitrogens with one attached hydrogen (secondary N) is 1. The van der Waals surface area contributed by atoms with Crippen molar-refractivity contribution in [1.29, 1.82) is 0 Å². The minimum Gasteiger partial charge on any atom is -0.307 e. The molecular formula is C13H20N2S. The highest BCUT2D eigenvalue weighted by atomic mass is 32.2. The van der Waals surface area contributed by atoms with Gasteiger partial charge in [-0.15, -0.1) is 0 Å². The number of nitrogens with zero attached hydrogens (tertiary/aromatic N) is 1. The van der Waals surface area contributed by atoms with E-state index in [0.29, 0.717) is 12.1 Å². The number of pyridine rings is 1. The Morgan fingerprint density at radius 2 is 2.38 bits per heavy atom. The molecule has 0 saturated heterocycles. The van der Waals surface area contributed by atoms with E-state index >= 15 is 0 Å². The quantitative estimate of drug-likeness (QED) is 0.870. The standard InChI is InChI=1S/C13H20N2S/c1-10(11-4-3-7-14-9-11)15-12-5-6-13(8-12)16-2/h3-4,7,9-10,12-13,15H,5-6,8H2,1-2H3. The third kappa shape index (κ3) is 2.98.